The summed E-state index contributed by atoms with van der Waals surface area (Å²) in [5.74, 6) is 0.222. The first-order valence-electron chi connectivity index (χ1n) is 3.00. The van der Waals surface area contributed by atoms with Gasteiger partial charge >= 0.3 is 0 Å². The predicted octanol–water partition coefficient (Wildman–Crippen LogP) is 0.0155. The molecule has 0 amide bonds. The molecule has 0 radical (unpaired) electrons. The summed E-state index contributed by atoms with van der Waals surface area (Å²) in [6, 6.07) is 0. The highest BCUT2D eigenvalue weighted by Gasteiger charge is 1.98. The molecule has 1 N–H and O–H groups in total. The fourth-order valence-corrected chi connectivity index (χ4v) is 1.24. The fraction of sp³-hybridized carbons (Fsp3) is 1.00. The van der Waals surface area contributed by atoms with E-state index in [1.165, 1.54) is 6.26 Å². The number of nitrogens with one attached hydrogen (secondary N) is 1. The zero-order valence-corrected chi connectivity index (χ0v) is 8.33. The lowest BCUT2D eigenvalue weighted by molar-refractivity contribution is 0.598. The Morgan fingerprint density at radius 2 is 2.00 bits per heavy atom. The molecule has 0 aliphatic rings. The second kappa shape index (κ2) is 5.09. The molecule has 0 rings (SSSR count). The predicted molar refractivity (Wildman–Crippen MR) is 46.4 cm³/mol. The van der Waals surface area contributed by atoms with Gasteiger partial charge in [-0.1, -0.05) is 15.9 Å². The van der Waals surface area contributed by atoms with Crippen LogP contribution in [0.2, 0.25) is 0 Å². The number of alkyl halides is 1. The molecule has 0 aliphatic heterocycles. The Balaban J connectivity index is 3.21. The van der Waals surface area contributed by atoms with Gasteiger partial charge in [-0.2, -0.15) is 0 Å². The van der Waals surface area contributed by atoms with E-state index in [4.69, 9.17) is 0 Å². The van der Waals surface area contributed by atoms with Crippen LogP contribution in [0.15, 0.2) is 0 Å². The van der Waals surface area contributed by atoms with E-state index in [2.05, 4.69) is 21.2 Å². The molecular weight excluding hydrogens is 218 g/mol. The van der Waals surface area contributed by atoms with Crippen LogP contribution >= 0.6 is 15.9 Å². The molecular formula is C5H12BrNO2S. The molecule has 0 aliphatic carbocycles. The number of hydrogen-bond acceptors (Lipinski definition) is 3. The average Bonchev–Trinajstić information content (AvgIpc) is 1.78. The van der Waals surface area contributed by atoms with Crippen LogP contribution < -0.4 is 5.32 Å². The Morgan fingerprint density at radius 1 is 1.40 bits per heavy atom. The number of sulfone groups is 1. The van der Waals surface area contributed by atoms with Crippen molar-refractivity contribution in [3.05, 3.63) is 0 Å². The van der Waals surface area contributed by atoms with Crippen LogP contribution in [0, 0.1) is 0 Å². The van der Waals surface area contributed by atoms with Gasteiger partial charge in [0.1, 0.15) is 9.84 Å². The highest BCUT2D eigenvalue weighted by molar-refractivity contribution is 9.09. The Morgan fingerprint density at radius 3 is 2.40 bits per heavy atom. The molecule has 0 aromatic rings. The minimum absolute atomic E-state index is 0.222. The highest BCUT2D eigenvalue weighted by atomic mass is 79.9. The second-order valence-electron chi connectivity index (χ2n) is 2.07. The Bertz CT molecular complexity index is 166. The Labute approximate surface area is 70.2 Å². The molecule has 5 heteroatoms. The normalized spacial score (nSPS) is 11.8. The molecule has 0 heterocycles. The van der Waals surface area contributed by atoms with E-state index in [1.54, 1.807) is 0 Å². The molecule has 0 fully saturated rings. The third-order valence-electron chi connectivity index (χ3n) is 0.921. The summed E-state index contributed by atoms with van der Waals surface area (Å²) in [4.78, 5) is 0. The third-order valence-corrected chi connectivity index (χ3v) is 2.26. The van der Waals surface area contributed by atoms with Crippen LogP contribution in [-0.2, 0) is 9.84 Å². The SMILES string of the molecule is CS(=O)(=O)CCNCCBr. The van der Waals surface area contributed by atoms with Crippen LogP contribution in [-0.4, -0.2) is 38.8 Å². The van der Waals surface area contributed by atoms with Crippen molar-refractivity contribution >= 4 is 25.8 Å². The van der Waals surface area contributed by atoms with E-state index >= 15 is 0 Å². The van der Waals surface area contributed by atoms with Gasteiger partial charge in [0, 0.05) is 24.7 Å². The van der Waals surface area contributed by atoms with Gasteiger partial charge < -0.3 is 5.32 Å². The zero-order chi connectivity index (χ0) is 8.04. The molecule has 0 bridgehead atoms. The molecule has 0 saturated carbocycles. The maximum absolute atomic E-state index is 10.5. The van der Waals surface area contributed by atoms with E-state index in [0.29, 0.717) is 6.54 Å². The molecule has 62 valence electrons. The van der Waals surface area contributed by atoms with E-state index < -0.39 is 9.84 Å². The smallest absolute Gasteiger partial charge is 0.148 e. The fourth-order valence-electron chi connectivity index (χ4n) is 0.449. The van der Waals surface area contributed by atoms with Gasteiger partial charge in [-0.3, -0.25) is 0 Å². The number of halogens is 1. The van der Waals surface area contributed by atoms with Crippen molar-refractivity contribution in [2.24, 2.45) is 0 Å². The van der Waals surface area contributed by atoms with Crippen molar-refractivity contribution < 1.29 is 8.42 Å². The zero-order valence-electron chi connectivity index (χ0n) is 5.93. The van der Waals surface area contributed by atoms with Gasteiger partial charge in [-0.25, -0.2) is 8.42 Å². The monoisotopic (exact) mass is 229 g/mol. The maximum atomic E-state index is 10.5. The topological polar surface area (TPSA) is 46.2 Å². The van der Waals surface area contributed by atoms with Crippen molar-refractivity contribution in [3.63, 3.8) is 0 Å². The summed E-state index contributed by atoms with van der Waals surface area (Å²) >= 11 is 3.22. The van der Waals surface area contributed by atoms with Gasteiger partial charge in [0.05, 0.1) is 5.75 Å². The first-order valence-corrected chi connectivity index (χ1v) is 6.19. The third kappa shape index (κ3) is 8.39. The molecule has 0 aromatic heterocycles. The summed E-state index contributed by atoms with van der Waals surface area (Å²) in [5, 5.41) is 3.82. The van der Waals surface area contributed by atoms with Crippen molar-refractivity contribution in [1.82, 2.24) is 5.32 Å². The minimum atomic E-state index is -2.78. The van der Waals surface area contributed by atoms with Crippen molar-refractivity contribution in [2.75, 3.05) is 30.4 Å². The van der Waals surface area contributed by atoms with Crippen LogP contribution in [0.25, 0.3) is 0 Å². The summed E-state index contributed by atoms with van der Waals surface area (Å²) in [5.41, 5.74) is 0. The quantitative estimate of drug-likeness (QED) is 0.534. The molecule has 0 unspecified atom stereocenters. The molecule has 0 saturated heterocycles. The lowest BCUT2D eigenvalue weighted by atomic mass is 10.7. The van der Waals surface area contributed by atoms with Crippen LogP contribution in [0.5, 0.6) is 0 Å². The molecule has 0 aromatic carbocycles. The van der Waals surface area contributed by atoms with Crippen LogP contribution in [0.3, 0.4) is 0 Å². The second-order valence-corrected chi connectivity index (χ2v) is 5.12. The molecule has 10 heavy (non-hydrogen) atoms. The standard InChI is InChI=1S/C5H12BrNO2S/c1-10(8,9)5-4-7-3-2-6/h7H,2-5H2,1H3. The summed E-state index contributed by atoms with van der Waals surface area (Å²) in [6.07, 6.45) is 1.24. The van der Waals surface area contributed by atoms with E-state index in [9.17, 15) is 8.42 Å². The summed E-state index contributed by atoms with van der Waals surface area (Å²) < 4.78 is 21.1. The van der Waals surface area contributed by atoms with Crippen LogP contribution in [0.4, 0.5) is 0 Å². The number of rotatable bonds is 5. The van der Waals surface area contributed by atoms with Gasteiger partial charge in [-0.15, -0.1) is 0 Å². The minimum Gasteiger partial charge on any atom is -0.315 e. The van der Waals surface area contributed by atoms with Crippen molar-refractivity contribution in [3.8, 4) is 0 Å². The van der Waals surface area contributed by atoms with E-state index in [0.717, 1.165) is 11.9 Å². The van der Waals surface area contributed by atoms with Crippen molar-refractivity contribution in [1.29, 1.82) is 0 Å². The van der Waals surface area contributed by atoms with E-state index in [1.807, 2.05) is 0 Å². The van der Waals surface area contributed by atoms with Gasteiger partial charge in [0.15, 0.2) is 0 Å². The average molecular weight is 230 g/mol. The Hall–Kier alpha value is 0.390. The van der Waals surface area contributed by atoms with Gasteiger partial charge in [0.2, 0.25) is 0 Å². The lowest BCUT2D eigenvalue weighted by Crippen LogP contribution is -2.23. The van der Waals surface area contributed by atoms with E-state index in [-0.39, 0.29) is 5.75 Å². The molecule has 0 spiro atoms. The molecule has 0 atom stereocenters. The van der Waals surface area contributed by atoms with Crippen LogP contribution in [0.1, 0.15) is 0 Å². The Kier molecular flexibility index (Phi) is 5.29. The summed E-state index contributed by atoms with van der Waals surface area (Å²) in [6.45, 7) is 1.36. The molecule has 3 nitrogen and oxygen atoms in total. The number of hydrogen-bond donors (Lipinski definition) is 1. The maximum Gasteiger partial charge on any atom is 0.148 e. The lowest BCUT2D eigenvalue weighted by Gasteiger charge is -1.99. The van der Waals surface area contributed by atoms with Gasteiger partial charge in [0.25, 0.3) is 0 Å². The largest absolute Gasteiger partial charge is 0.315 e. The first-order chi connectivity index (χ1) is 4.56. The highest BCUT2D eigenvalue weighted by Crippen LogP contribution is 1.80. The first kappa shape index (κ1) is 10.4. The van der Waals surface area contributed by atoms with Gasteiger partial charge in [-0.05, 0) is 0 Å². The summed E-state index contributed by atoms with van der Waals surface area (Å²) in [7, 11) is -2.78. The van der Waals surface area contributed by atoms with Crippen molar-refractivity contribution in [2.45, 2.75) is 0 Å².